The summed E-state index contributed by atoms with van der Waals surface area (Å²) in [5.41, 5.74) is 0.657. The Kier molecular flexibility index (Phi) is 6.48. The molecule has 1 amide bonds. The third kappa shape index (κ3) is 5.56. The molecule has 1 aliphatic rings. The molecule has 0 spiro atoms. The minimum atomic E-state index is -0.574. The summed E-state index contributed by atoms with van der Waals surface area (Å²) in [6.45, 7) is 3.40. The van der Waals surface area contributed by atoms with Crippen LogP contribution in [0, 0.1) is 5.92 Å². The number of nitrogens with zero attached hydrogens (tertiary/aromatic N) is 1. The van der Waals surface area contributed by atoms with Crippen LogP contribution in [0.25, 0.3) is 6.08 Å². The van der Waals surface area contributed by atoms with Crippen molar-refractivity contribution in [1.29, 1.82) is 0 Å². The molecule has 1 aliphatic heterocycles. The van der Waals surface area contributed by atoms with Gasteiger partial charge in [-0.1, -0.05) is 36.2 Å². The maximum absolute atomic E-state index is 12.0. The average molecular weight is 356 g/mol. The van der Waals surface area contributed by atoms with Crippen LogP contribution in [0.3, 0.4) is 0 Å². The van der Waals surface area contributed by atoms with Gasteiger partial charge < -0.3 is 9.64 Å². The molecule has 2 rings (SSSR count). The molecule has 1 saturated heterocycles. The predicted octanol–water partition coefficient (Wildman–Crippen LogP) is 3.81. The molecule has 0 atom stereocenters. The summed E-state index contributed by atoms with van der Waals surface area (Å²) in [6.07, 6.45) is 4.78. The Bertz CT molecular complexity index is 608. The summed E-state index contributed by atoms with van der Waals surface area (Å²) < 4.78 is 4.98. The Morgan fingerprint density at radius 3 is 2.65 bits per heavy atom. The van der Waals surface area contributed by atoms with E-state index < -0.39 is 5.97 Å². The highest BCUT2D eigenvalue weighted by molar-refractivity contribution is 6.35. The first-order valence-electron chi connectivity index (χ1n) is 7.53. The highest BCUT2D eigenvalue weighted by atomic mass is 35.5. The number of hydrogen-bond acceptors (Lipinski definition) is 3. The number of carbonyl (C=O) groups excluding carboxylic acids is 2. The summed E-state index contributed by atoms with van der Waals surface area (Å²) in [6, 6.07) is 4.98. The van der Waals surface area contributed by atoms with E-state index in [9.17, 15) is 9.59 Å². The fourth-order valence-corrected chi connectivity index (χ4v) is 2.80. The second kappa shape index (κ2) is 8.37. The monoisotopic (exact) mass is 355 g/mol. The Balaban J connectivity index is 1.80. The van der Waals surface area contributed by atoms with Gasteiger partial charge in [-0.05, 0) is 42.5 Å². The van der Waals surface area contributed by atoms with E-state index in [0.717, 1.165) is 25.9 Å². The quantitative estimate of drug-likeness (QED) is 0.609. The smallest absolute Gasteiger partial charge is 0.331 e. The number of amides is 1. The van der Waals surface area contributed by atoms with E-state index in [-0.39, 0.29) is 12.5 Å². The lowest BCUT2D eigenvalue weighted by Crippen LogP contribution is -2.40. The van der Waals surface area contributed by atoms with Gasteiger partial charge in [-0.15, -0.1) is 0 Å². The number of carbonyl (C=O) groups is 2. The van der Waals surface area contributed by atoms with Gasteiger partial charge >= 0.3 is 5.97 Å². The van der Waals surface area contributed by atoms with E-state index in [4.69, 9.17) is 27.9 Å². The van der Waals surface area contributed by atoms with Crippen LogP contribution >= 0.6 is 23.2 Å². The van der Waals surface area contributed by atoms with Crippen molar-refractivity contribution >= 4 is 41.2 Å². The van der Waals surface area contributed by atoms with Crippen LogP contribution in [0.15, 0.2) is 24.3 Å². The molecule has 6 heteroatoms. The molecule has 0 unspecified atom stereocenters. The van der Waals surface area contributed by atoms with Gasteiger partial charge in [0.1, 0.15) is 0 Å². The SMILES string of the molecule is CC1CCN(C(=O)COC(=O)C=Cc2ccc(Cl)cc2Cl)CC1. The molecule has 0 radical (unpaired) electrons. The first-order chi connectivity index (χ1) is 11.0. The third-order valence-electron chi connectivity index (χ3n) is 3.84. The first kappa shape index (κ1) is 17.8. The molecule has 0 bridgehead atoms. The van der Waals surface area contributed by atoms with Crippen LogP contribution < -0.4 is 0 Å². The standard InChI is InChI=1S/C17H19Cl2NO3/c1-12-6-8-20(9-7-12)16(21)11-23-17(22)5-3-13-2-4-14(18)10-15(13)19/h2-5,10,12H,6-9,11H2,1H3. The van der Waals surface area contributed by atoms with Crippen LogP contribution in [-0.2, 0) is 14.3 Å². The van der Waals surface area contributed by atoms with Crippen LogP contribution in [0.5, 0.6) is 0 Å². The lowest BCUT2D eigenvalue weighted by molar-refractivity contribution is -0.148. The van der Waals surface area contributed by atoms with Crippen molar-refractivity contribution in [3.8, 4) is 0 Å². The number of benzene rings is 1. The average Bonchev–Trinajstić information content (AvgIpc) is 2.52. The zero-order valence-corrected chi connectivity index (χ0v) is 14.4. The number of ether oxygens (including phenoxy) is 1. The van der Waals surface area contributed by atoms with Gasteiger partial charge in [-0.3, -0.25) is 4.79 Å². The van der Waals surface area contributed by atoms with E-state index in [1.54, 1.807) is 23.1 Å². The fraction of sp³-hybridized carbons (Fsp3) is 0.412. The normalized spacial score (nSPS) is 15.9. The summed E-state index contributed by atoms with van der Waals surface area (Å²) in [7, 11) is 0. The van der Waals surface area contributed by atoms with Gasteiger partial charge in [0.15, 0.2) is 6.61 Å². The van der Waals surface area contributed by atoms with Crippen molar-refractivity contribution in [3.63, 3.8) is 0 Å². The molecular weight excluding hydrogens is 337 g/mol. The highest BCUT2D eigenvalue weighted by Gasteiger charge is 2.20. The summed E-state index contributed by atoms with van der Waals surface area (Å²) in [5.74, 6) is -0.0772. The second-order valence-electron chi connectivity index (χ2n) is 5.67. The molecule has 23 heavy (non-hydrogen) atoms. The van der Waals surface area contributed by atoms with Crippen molar-refractivity contribution in [2.75, 3.05) is 19.7 Å². The van der Waals surface area contributed by atoms with Gasteiger partial charge in [0.25, 0.3) is 5.91 Å². The van der Waals surface area contributed by atoms with Crippen LogP contribution in [0.4, 0.5) is 0 Å². The summed E-state index contributed by atoms with van der Waals surface area (Å²) >= 11 is 11.8. The van der Waals surface area contributed by atoms with Gasteiger partial charge in [-0.2, -0.15) is 0 Å². The van der Waals surface area contributed by atoms with Crippen molar-refractivity contribution in [2.45, 2.75) is 19.8 Å². The van der Waals surface area contributed by atoms with E-state index in [0.29, 0.717) is 21.5 Å². The highest BCUT2D eigenvalue weighted by Crippen LogP contribution is 2.22. The van der Waals surface area contributed by atoms with Gasteiger partial charge in [0, 0.05) is 29.2 Å². The number of piperidine rings is 1. The molecule has 1 heterocycles. The number of halogens is 2. The van der Waals surface area contributed by atoms with Crippen LogP contribution in [0.2, 0.25) is 10.0 Å². The lowest BCUT2D eigenvalue weighted by atomic mass is 9.99. The van der Waals surface area contributed by atoms with Crippen molar-refractivity contribution in [2.24, 2.45) is 5.92 Å². The second-order valence-corrected chi connectivity index (χ2v) is 6.51. The number of likely N-dealkylation sites (tertiary alicyclic amines) is 1. The molecule has 0 aromatic heterocycles. The topological polar surface area (TPSA) is 46.6 Å². The maximum atomic E-state index is 12.0. The minimum absolute atomic E-state index is 0.150. The molecule has 0 saturated carbocycles. The van der Waals surface area contributed by atoms with Gasteiger partial charge in [-0.25, -0.2) is 4.79 Å². The third-order valence-corrected chi connectivity index (χ3v) is 4.40. The molecular formula is C17H19Cl2NO3. The minimum Gasteiger partial charge on any atom is -0.452 e. The Hall–Kier alpha value is -1.52. The van der Waals surface area contributed by atoms with Crippen LogP contribution in [-0.4, -0.2) is 36.5 Å². The maximum Gasteiger partial charge on any atom is 0.331 e. The Labute approximate surface area is 146 Å². The zero-order valence-electron chi connectivity index (χ0n) is 12.9. The lowest BCUT2D eigenvalue weighted by Gasteiger charge is -2.30. The number of rotatable bonds is 4. The van der Waals surface area contributed by atoms with Crippen LogP contribution in [0.1, 0.15) is 25.3 Å². The fourth-order valence-electron chi connectivity index (χ4n) is 2.32. The van der Waals surface area contributed by atoms with E-state index in [1.807, 2.05) is 0 Å². The van der Waals surface area contributed by atoms with Gasteiger partial charge in [0.05, 0.1) is 0 Å². The zero-order chi connectivity index (χ0) is 16.8. The Morgan fingerprint density at radius 2 is 2.00 bits per heavy atom. The van der Waals surface area contributed by atoms with Crippen molar-refractivity contribution in [1.82, 2.24) is 4.90 Å². The molecule has 1 aromatic carbocycles. The molecule has 124 valence electrons. The predicted molar refractivity (Wildman–Crippen MR) is 91.4 cm³/mol. The largest absolute Gasteiger partial charge is 0.452 e. The summed E-state index contributed by atoms with van der Waals surface area (Å²) in [5, 5.41) is 0.969. The van der Waals surface area contributed by atoms with Crippen molar-refractivity contribution in [3.05, 3.63) is 39.9 Å². The van der Waals surface area contributed by atoms with E-state index >= 15 is 0 Å². The number of esters is 1. The van der Waals surface area contributed by atoms with E-state index in [1.165, 1.54) is 12.2 Å². The first-order valence-corrected chi connectivity index (χ1v) is 8.29. The molecule has 0 aliphatic carbocycles. The number of hydrogen-bond donors (Lipinski definition) is 0. The molecule has 1 aromatic rings. The van der Waals surface area contributed by atoms with Crippen molar-refractivity contribution < 1.29 is 14.3 Å². The summed E-state index contributed by atoms with van der Waals surface area (Å²) in [4.78, 5) is 25.4. The van der Waals surface area contributed by atoms with E-state index in [2.05, 4.69) is 6.92 Å². The molecule has 0 N–H and O–H groups in total. The Morgan fingerprint density at radius 1 is 1.30 bits per heavy atom. The molecule has 4 nitrogen and oxygen atoms in total. The van der Waals surface area contributed by atoms with Gasteiger partial charge in [0.2, 0.25) is 0 Å². The molecule has 1 fully saturated rings.